The van der Waals surface area contributed by atoms with Gasteiger partial charge in [0.05, 0.1) is 13.7 Å². The van der Waals surface area contributed by atoms with Crippen LogP contribution in [0, 0.1) is 0 Å². The number of nitrogens with zero attached hydrogens (tertiary/aromatic N) is 4. The zero-order valence-corrected chi connectivity index (χ0v) is 12.9. The Balaban J connectivity index is 1.69. The fourth-order valence-corrected chi connectivity index (χ4v) is 2.60. The second-order valence-electron chi connectivity index (χ2n) is 5.22. The van der Waals surface area contributed by atoms with Gasteiger partial charge >= 0.3 is 6.01 Å². The van der Waals surface area contributed by atoms with Crippen LogP contribution in [-0.4, -0.2) is 52.1 Å². The van der Waals surface area contributed by atoms with E-state index in [1.54, 1.807) is 41.7 Å². The zero-order chi connectivity index (χ0) is 16.1. The second-order valence-corrected chi connectivity index (χ2v) is 5.22. The lowest BCUT2D eigenvalue weighted by atomic mass is 10.1. The molecule has 3 heterocycles. The van der Waals surface area contributed by atoms with E-state index in [0.29, 0.717) is 30.5 Å². The van der Waals surface area contributed by atoms with Crippen molar-refractivity contribution < 1.29 is 14.3 Å². The third-order valence-corrected chi connectivity index (χ3v) is 3.67. The highest BCUT2D eigenvalue weighted by Crippen LogP contribution is 2.21. The Hall–Kier alpha value is -2.70. The minimum absolute atomic E-state index is 0.0998. The van der Waals surface area contributed by atoms with Gasteiger partial charge in [0.2, 0.25) is 5.88 Å². The van der Waals surface area contributed by atoms with Gasteiger partial charge in [0.25, 0.3) is 5.91 Å². The van der Waals surface area contributed by atoms with Gasteiger partial charge in [-0.2, -0.15) is 0 Å². The molecule has 2 aromatic rings. The maximum Gasteiger partial charge on any atom is 0.316 e. The molecular formula is C16H18N4O3. The van der Waals surface area contributed by atoms with E-state index in [1.165, 1.54) is 7.11 Å². The molecule has 1 fully saturated rings. The highest BCUT2D eigenvalue weighted by Gasteiger charge is 2.28. The van der Waals surface area contributed by atoms with Crippen molar-refractivity contribution in [2.75, 3.05) is 20.2 Å². The summed E-state index contributed by atoms with van der Waals surface area (Å²) in [6.45, 7) is 1.18. The van der Waals surface area contributed by atoms with Crippen LogP contribution < -0.4 is 9.47 Å². The van der Waals surface area contributed by atoms with Crippen molar-refractivity contribution in [2.24, 2.45) is 0 Å². The van der Waals surface area contributed by atoms with Crippen LogP contribution in [0.5, 0.6) is 11.9 Å². The number of rotatable bonds is 4. The van der Waals surface area contributed by atoms with Crippen LogP contribution >= 0.6 is 0 Å². The molecule has 23 heavy (non-hydrogen) atoms. The number of likely N-dealkylation sites (tertiary alicyclic amines) is 1. The minimum atomic E-state index is -0.113. The average Bonchev–Trinajstić information content (AvgIpc) is 2.62. The third kappa shape index (κ3) is 3.56. The van der Waals surface area contributed by atoms with Crippen molar-refractivity contribution in [3.8, 4) is 11.9 Å². The topological polar surface area (TPSA) is 77.4 Å². The third-order valence-electron chi connectivity index (χ3n) is 3.67. The molecule has 0 bridgehead atoms. The summed E-state index contributed by atoms with van der Waals surface area (Å²) < 4.78 is 10.9. The number of amides is 1. The molecule has 0 saturated carbocycles. The number of aromatic nitrogens is 3. The predicted molar refractivity (Wildman–Crippen MR) is 82.4 cm³/mol. The number of carbonyl (C=O) groups excluding carboxylic acids is 1. The first-order valence-corrected chi connectivity index (χ1v) is 7.50. The van der Waals surface area contributed by atoms with E-state index in [4.69, 9.17) is 9.47 Å². The Bertz CT molecular complexity index is 665. The molecule has 1 saturated heterocycles. The smallest absolute Gasteiger partial charge is 0.316 e. The zero-order valence-electron chi connectivity index (χ0n) is 12.9. The molecule has 1 unspecified atom stereocenters. The summed E-state index contributed by atoms with van der Waals surface area (Å²) in [5.41, 5.74) is 0.464. The van der Waals surface area contributed by atoms with E-state index in [1.807, 2.05) is 0 Å². The van der Waals surface area contributed by atoms with E-state index in [2.05, 4.69) is 15.0 Å². The Morgan fingerprint density at radius 2 is 2.00 bits per heavy atom. The minimum Gasteiger partial charge on any atom is -0.480 e. The summed E-state index contributed by atoms with van der Waals surface area (Å²) in [4.78, 5) is 26.7. The van der Waals surface area contributed by atoms with Crippen LogP contribution in [-0.2, 0) is 0 Å². The van der Waals surface area contributed by atoms with Gasteiger partial charge in [-0.15, -0.1) is 0 Å². The molecule has 2 aromatic heterocycles. The molecule has 0 N–H and O–H groups in total. The first-order chi connectivity index (χ1) is 11.3. The normalized spacial score (nSPS) is 17.6. The number of carbonyl (C=O) groups is 1. The Morgan fingerprint density at radius 3 is 2.78 bits per heavy atom. The van der Waals surface area contributed by atoms with Crippen LogP contribution in [0.2, 0.25) is 0 Å². The Morgan fingerprint density at radius 1 is 1.22 bits per heavy atom. The first kappa shape index (κ1) is 15.2. The molecule has 0 aliphatic carbocycles. The van der Waals surface area contributed by atoms with Gasteiger partial charge in [0, 0.05) is 25.1 Å². The van der Waals surface area contributed by atoms with Crippen LogP contribution in [0.4, 0.5) is 0 Å². The number of methoxy groups -OCH3 is 1. The summed E-state index contributed by atoms with van der Waals surface area (Å²) in [5, 5.41) is 0. The maximum atomic E-state index is 12.7. The average molecular weight is 314 g/mol. The van der Waals surface area contributed by atoms with Gasteiger partial charge in [-0.05, 0) is 31.0 Å². The highest BCUT2D eigenvalue weighted by molar-refractivity contribution is 5.96. The lowest BCUT2D eigenvalue weighted by Crippen LogP contribution is -2.44. The van der Waals surface area contributed by atoms with Crippen molar-refractivity contribution in [1.82, 2.24) is 19.9 Å². The van der Waals surface area contributed by atoms with E-state index >= 15 is 0 Å². The van der Waals surface area contributed by atoms with Crippen LogP contribution in [0.3, 0.4) is 0 Å². The lowest BCUT2D eigenvalue weighted by Gasteiger charge is -2.32. The molecule has 7 nitrogen and oxygen atoms in total. The summed E-state index contributed by atoms with van der Waals surface area (Å²) >= 11 is 0. The highest BCUT2D eigenvalue weighted by atomic mass is 16.5. The lowest BCUT2D eigenvalue weighted by molar-refractivity contribution is 0.0512. The van der Waals surface area contributed by atoms with E-state index in [0.717, 1.165) is 12.8 Å². The van der Waals surface area contributed by atoms with E-state index in [9.17, 15) is 4.79 Å². The molecule has 1 aliphatic heterocycles. The van der Waals surface area contributed by atoms with Crippen molar-refractivity contribution in [1.29, 1.82) is 0 Å². The van der Waals surface area contributed by atoms with Crippen molar-refractivity contribution in [3.63, 3.8) is 0 Å². The van der Waals surface area contributed by atoms with E-state index in [-0.39, 0.29) is 12.0 Å². The summed E-state index contributed by atoms with van der Waals surface area (Å²) in [7, 11) is 1.51. The molecule has 0 spiro atoms. The van der Waals surface area contributed by atoms with Crippen LogP contribution in [0.15, 0.2) is 36.8 Å². The maximum absolute atomic E-state index is 12.7. The van der Waals surface area contributed by atoms with Gasteiger partial charge in [0.1, 0.15) is 11.7 Å². The largest absolute Gasteiger partial charge is 0.480 e. The number of hydrogen-bond acceptors (Lipinski definition) is 6. The Kier molecular flexibility index (Phi) is 4.65. The summed E-state index contributed by atoms with van der Waals surface area (Å²) in [6, 6.07) is 5.52. The number of hydrogen-bond donors (Lipinski definition) is 0. The van der Waals surface area contributed by atoms with Gasteiger partial charge in [-0.1, -0.05) is 0 Å². The fraction of sp³-hybridized carbons (Fsp3) is 0.375. The first-order valence-electron chi connectivity index (χ1n) is 7.50. The number of pyridine rings is 1. The van der Waals surface area contributed by atoms with Crippen molar-refractivity contribution in [2.45, 2.75) is 18.9 Å². The molecule has 120 valence electrons. The quantitative estimate of drug-likeness (QED) is 0.852. The standard InChI is InChI=1S/C16H18N4O3/c1-22-14-13(6-2-7-17-14)15(21)20-10-3-5-12(11-20)23-16-18-8-4-9-19-16/h2,4,6-9,12H,3,5,10-11H2,1H3. The summed E-state index contributed by atoms with van der Waals surface area (Å²) in [5.74, 6) is 0.240. The monoisotopic (exact) mass is 314 g/mol. The molecule has 7 heteroatoms. The molecule has 1 amide bonds. The molecule has 0 aromatic carbocycles. The fourth-order valence-electron chi connectivity index (χ4n) is 2.60. The number of ether oxygens (including phenoxy) is 2. The second kappa shape index (κ2) is 7.04. The van der Waals surface area contributed by atoms with Crippen LogP contribution in [0.1, 0.15) is 23.2 Å². The van der Waals surface area contributed by atoms with Gasteiger partial charge in [-0.3, -0.25) is 4.79 Å². The van der Waals surface area contributed by atoms with Crippen molar-refractivity contribution >= 4 is 5.91 Å². The van der Waals surface area contributed by atoms with E-state index < -0.39 is 0 Å². The molecule has 1 atom stereocenters. The van der Waals surface area contributed by atoms with Gasteiger partial charge in [0.15, 0.2) is 0 Å². The van der Waals surface area contributed by atoms with Gasteiger partial charge < -0.3 is 14.4 Å². The molecule has 3 rings (SSSR count). The molecule has 0 radical (unpaired) electrons. The molecular weight excluding hydrogens is 296 g/mol. The van der Waals surface area contributed by atoms with Crippen LogP contribution in [0.25, 0.3) is 0 Å². The number of piperidine rings is 1. The predicted octanol–water partition coefficient (Wildman–Crippen LogP) is 1.56. The Labute approximate surface area is 134 Å². The van der Waals surface area contributed by atoms with Crippen molar-refractivity contribution in [3.05, 3.63) is 42.4 Å². The SMILES string of the molecule is COc1ncccc1C(=O)N1CCCC(Oc2ncccn2)C1. The summed E-state index contributed by atoms with van der Waals surface area (Å²) in [6.07, 6.45) is 6.49. The van der Waals surface area contributed by atoms with Gasteiger partial charge in [-0.25, -0.2) is 15.0 Å². The molecule has 1 aliphatic rings.